The Morgan fingerprint density at radius 3 is 2.69 bits per heavy atom. The number of fused-ring (bicyclic) bond motifs is 3. The van der Waals surface area contributed by atoms with Gasteiger partial charge >= 0.3 is 0 Å². The lowest BCUT2D eigenvalue weighted by atomic mass is 9.80. The second kappa shape index (κ2) is 6.52. The molecule has 29 heavy (non-hydrogen) atoms. The van der Waals surface area contributed by atoms with Gasteiger partial charge in [-0.1, -0.05) is 23.8 Å². The minimum Gasteiger partial charge on any atom is -0.510 e. The van der Waals surface area contributed by atoms with Crippen LogP contribution >= 0.6 is 0 Å². The molecule has 4 N–H and O–H groups in total. The number of ketones is 1. The predicted octanol–water partition coefficient (Wildman–Crippen LogP) is 4.48. The number of rotatable bonds is 3. The molecule has 0 amide bonds. The summed E-state index contributed by atoms with van der Waals surface area (Å²) in [5.74, 6) is -0.665. The minimum atomic E-state index is -1.24. The second-order valence-corrected chi connectivity index (χ2v) is 8.46. The minimum absolute atomic E-state index is 0.0703. The van der Waals surface area contributed by atoms with Gasteiger partial charge in [0, 0.05) is 5.56 Å². The molecule has 0 saturated carbocycles. The number of nitrogens with one attached hydrogen (secondary N) is 1. The zero-order chi connectivity index (χ0) is 21.1. The molecular weight excluding hydrogens is 370 g/mol. The first kappa shape index (κ1) is 19.3. The molecule has 0 spiro atoms. The lowest BCUT2D eigenvalue weighted by Crippen LogP contribution is -2.41. The van der Waals surface area contributed by atoms with Crippen LogP contribution in [0, 0.1) is 5.92 Å². The molecule has 1 aliphatic heterocycles. The zero-order valence-corrected chi connectivity index (χ0v) is 16.9. The Morgan fingerprint density at radius 2 is 2.03 bits per heavy atom. The van der Waals surface area contributed by atoms with Gasteiger partial charge in [-0.15, -0.1) is 0 Å². The van der Waals surface area contributed by atoms with Crippen LogP contribution in [0.5, 0.6) is 5.75 Å². The third kappa shape index (κ3) is 3.04. The highest BCUT2D eigenvalue weighted by Crippen LogP contribution is 2.47. The van der Waals surface area contributed by atoms with Gasteiger partial charge < -0.3 is 25.1 Å². The quantitative estimate of drug-likeness (QED) is 0.572. The molecule has 1 aliphatic carbocycles. The maximum atomic E-state index is 13.3. The normalized spacial score (nSPS) is 20.7. The number of hydrogen-bond donors (Lipinski definition) is 4. The summed E-state index contributed by atoms with van der Waals surface area (Å²) >= 11 is 0. The average Bonchev–Trinajstić information content (AvgIpc) is 3.08. The van der Waals surface area contributed by atoms with Crippen molar-refractivity contribution >= 4 is 22.4 Å². The van der Waals surface area contributed by atoms with Crippen molar-refractivity contribution in [1.82, 2.24) is 0 Å². The molecular formula is C23H25NO5. The largest absolute Gasteiger partial charge is 0.510 e. The molecule has 2 aromatic rings. The molecule has 152 valence electrons. The number of anilines is 1. The van der Waals surface area contributed by atoms with Crippen LogP contribution in [0.4, 0.5) is 5.69 Å². The van der Waals surface area contributed by atoms with Crippen molar-refractivity contribution in [1.29, 1.82) is 0 Å². The highest BCUT2D eigenvalue weighted by molar-refractivity contribution is 6.14. The molecule has 0 radical (unpaired) electrons. The fraction of sp³-hybridized carbons (Fsp3) is 0.348. The SMILES string of the molecule is CC(C)=CCc1c2c(c(O)c3cc(C(C)(C)O)oc13)C(=O)[C@@H]1C=CC=C(O)[C@@H]1N2. The van der Waals surface area contributed by atoms with E-state index in [0.29, 0.717) is 34.4 Å². The van der Waals surface area contributed by atoms with Crippen molar-refractivity contribution in [2.24, 2.45) is 5.92 Å². The van der Waals surface area contributed by atoms with E-state index in [1.54, 1.807) is 38.1 Å². The molecule has 0 unspecified atom stereocenters. The standard InChI is InChI=1S/C23H25NO5/c1-11(2)8-9-13-19-17(20(26)12-6-5-7-15(25)18(12)24-19)21(27)14-10-16(23(3,4)28)29-22(13)14/h5-8,10,12,18,24-25,27-28H,9H2,1-4H3/t12-,18-/m1/s1. The highest BCUT2D eigenvalue weighted by atomic mass is 16.4. The van der Waals surface area contributed by atoms with Crippen LogP contribution in [0.3, 0.4) is 0 Å². The number of benzene rings is 1. The Bertz CT molecular complexity index is 1110. The fourth-order valence-corrected chi connectivity index (χ4v) is 3.91. The predicted molar refractivity (Wildman–Crippen MR) is 111 cm³/mol. The zero-order valence-electron chi connectivity index (χ0n) is 16.9. The average molecular weight is 395 g/mol. The fourth-order valence-electron chi connectivity index (χ4n) is 3.91. The van der Waals surface area contributed by atoms with Gasteiger partial charge in [0.25, 0.3) is 0 Å². The number of furan rings is 1. The molecule has 1 aromatic carbocycles. The number of allylic oxidation sites excluding steroid dienone is 4. The van der Waals surface area contributed by atoms with Crippen LogP contribution in [0.25, 0.3) is 11.0 Å². The second-order valence-electron chi connectivity index (χ2n) is 8.46. The lowest BCUT2D eigenvalue weighted by Gasteiger charge is -2.34. The lowest BCUT2D eigenvalue weighted by molar-refractivity contribution is 0.0558. The van der Waals surface area contributed by atoms with Crippen molar-refractivity contribution < 1.29 is 24.5 Å². The molecule has 1 aromatic heterocycles. The van der Waals surface area contributed by atoms with E-state index >= 15 is 0 Å². The van der Waals surface area contributed by atoms with E-state index in [9.17, 15) is 20.1 Å². The van der Waals surface area contributed by atoms with Crippen LogP contribution in [-0.2, 0) is 12.0 Å². The Hall–Kier alpha value is -2.99. The molecule has 2 heterocycles. The summed E-state index contributed by atoms with van der Waals surface area (Å²) in [7, 11) is 0. The van der Waals surface area contributed by atoms with Gasteiger partial charge in [-0.25, -0.2) is 0 Å². The molecule has 0 saturated heterocycles. The number of phenols is 1. The summed E-state index contributed by atoms with van der Waals surface area (Å²) in [5.41, 5.74) is 1.64. The smallest absolute Gasteiger partial charge is 0.178 e. The third-order valence-corrected chi connectivity index (χ3v) is 5.48. The van der Waals surface area contributed by atoms with E-state index in [1.807, 2.05) is 19.9 Å². The number of Topliss-reactive ketones (excluding diaryl/α,β-unsaturated/α-hetero) is 1. The van der Waals surface area contributed by atoms with E-state index in [4.69, 9.17) is 4.42 Å². The Kier molecular flexibility index (Phi) is 4.35. The molecule has 6 nitrogen and oxygen atoms in total. The number of aliphatic hydroxyl groups is 2. The molecule has 6 heteroatoms. The highest BCUT2D eigenvalue weighted by Gasteiger charge is 2.41. The Labute approximate surface area is 168 Å². The van der Waals surface area contributed by atoms with Gasteiger partial charge in [0.1, 0.15) is 28.5 Å². The molecule has 2 atom stereocenters. The first-order chi connectivity index (χ1) is 13.6. The summed E-state index contributed by atoms with van der Waals surface area (Å²) in [6, 6.07) is 0.996. The van der Waals surface area contributed by atoms with E-state index in [0.717, 1.165) is 5.57 Å². The monoisotopic (exact) mass is 395 g/mol. The van der Waals surface area contributed by atoms with Crippen LogP contribution < -0.4 is 5.32 Å². The van der Waals surface area contributed by atoms with Crippen molar-refractivity contribution in [3.05, 3.63) is 58.6 Å². The third-order valence-electron chi connectivity index (χ3n) is 5.48. The van der Waals surface area contributed by atoms with Gasteiger partial charge in [-0.2, -0.15) is 0 Å². The van der Waals surface area contributed by atoms with E-state index in [1.165, 1.54) is 0 Å². The molecule has 2 aliphatic rings. The molecule has 0 bridgehead atoms. The number of carbonyl (C=O) groups is 1. The number of phenolic OH excluding ortho intramolecular Hbond substituents is 1. The first-order valence-corrected chi connectivity index (χ1v) is 9.65. The summed E-state index contributed by atoms with van der Waals surface area (Å²) in [6.07, 6.45) is 7.40. The van der Waals surface area contributed by atoms with Gasteiger partial charge in [0.2, 0.25) is 0 Å². The summed E-state index contributed by atoms with van der Waals surface area (Å²) < 4.78 is 5.96. The van der Waals surface area contributed by atoms with Crippen LogP contribution in [0.15, 0.2) is 46.1 Å². The Balaban J connectivity index is 2.03. The van der Waals surface area contributed by atoms with Crippen molar-refractivity contribution in [3.63, 3.8) is 0 Å². The topological polar surface area (TPSA) is 103 Å². The van der Waals surface area contributed by atoms with Crippen LogP contribution in [-0.4, -0.2) is 27.1 Å². The number of hydrogen-bond acceptors (Lipinski definition) is 6. The Morgan fingerprint density at radius 1 is 1.31 bits per heavy atom. The van der Waals surface area contributed by atoms with Gasteiger partial charge in [-0.3, -0.25) is 4.79 Å². The first-order valence-electron chi connectivity index (χ1n) is 9.65. The summed E-state index contributed by atoms with van der Waals surface area (Å²) in [6.45, 7) is 7.15. The maximum absolute atomic E-state index is 13.3. The van der Waals surface area contributed by atoms with Crippen LogP contribution in [0.2, 0.25) is 0 Å². The number of aromatic hydroxyl groups is 1. The van der Waals surface area contributed by atoms with Gasteiger partial charge in [0.15, 0.2) is 5.78 Å². The van der Waals surface area contributed by atoms with E-state index in [-0.39, 0.29) is 22.9 Å². The number of carbonyl (C=O) groups excluding carboxylic acids is 1. The molecule has 0 fully saturated rings. The maximum Gasteiger partial charge on any atom is 0.178 e. The van der Waals surface area contributed by atoms with Crippen molar-refractivity contribution in [2.75, 3.05) is 5.32 Å². The van der Waals surface area contributed by atoms with E-state index < -0.39 is 17.6 Å². The molecule has 4 rings (SSSR count). The van der Waals surface area contributed by atoms with Crippen molar-refractivity contribution in [3.8, 4) is 5.75 Å². The van der Waals surface area contributed by atoms with Gasteiger partial charge in [-0.05, 0) is 46.3 Å². The van der Waals surface area contributed by atoms with Crippen LogP contribution in [0.1, 0.15) is 49.4 Å². The van der Waals surface area contributed by atoms with Gasteiger partial charge in [0.05, 0.1) is 28.6 Å². The van der Waals surface area contributed by atoms with E-state index in [2.05, 4.69) is 5.32 Å². The summed E-state index contributed by atoms with van der Waals surface area (Å²) in [5, 5.41) is 35.3. The summed E-state index contributed by atoms with van der Waals surface area (Å²) in [4.78, 5) is 13.3. The number of aliphatic hydroxyl groups excluding tert-OH is 1. The van der Waals surface area contributed by atoms with Crippen molar-refractivity contribution in [2.45, 2.75) is 45.8 Å².